The molecule has 1 fully saturated rings. The summed E-state index contributed by atoms with van der Waals surface area (Å²) < 4.78 is 5.65. The van der Waals surface area contributed by atoms with E-state index in [2.05, 4.69) is 20.8 Å². The van der Waals surface area contributed by atoms with Gasteiger partial charge in [-0.25, -0.2) is 0 Å². The first-order valence-corrected chi connectivity index (χ1v) is 10.7. The third-order valence-corrected chi connectivity index (χ3v) is 5.46. The van der Waals surface area contributed by atoms with Gasteiger partial charge in [0, 0.05) is 38.2 Å². The molecule has 0 bridgehead atoms. The lowest BCUT2D eigenvalue weighted by Crippen LogP contribution is -2.50. The van der Waals surface area contributed by atoms with Crippen molar-refractivity contribution in [3.8, 4) is 5.75 Å². The van der Waals surface area contributed by atoms with E-state index in [-0.39, 0.29) is 17.2 Å². The van der Waals surface area contributed by atoms with E-state index >= 15 is 0 Å². The molecule has 160 valence electrons. The molecule has 0 aliphatic carbocycles. The predicted molar refractivity (Wildman–Crippen MR) is 119 cm³/mol. The van der Waals surface area contributed by atoms with Gasteiger partial charge in [0.1, 0.15) is 5.75 Å². The molecule has 1 aliphatic rings. The van der Waals surface area contributed by atoms with E-state index in [0.29, 0.717) is 51.2 Å². The van der Waals surface area contributed by atoms with Crippen LogP contribution in [-0.2, 0) is 10.2 Å². The lowest BCUT2D eigenvalue weighted by atomic mass is 9.86. The minimum Gasteiger partial charge on any atom is -0.494 e. The Balaban J connectivity index is 1.41. The van der Waals surface area contributed by atoms with Crippen molar-refractivity contribution < 1.29 is 14.3 Å². The highest BCUT2D eigenvalue weighted by Gasteiger charge is 2.25. The fourth-order valence-electron chi connectivity index (χ4n) is 3.54. The van der Waals surface area contributed by atoms with Crippen molar-refractivity contribution in [3.05, 3.63) is 65.7 Å². The molecule has 1 saturated heterocycles. The van der Waals surface area contributed by atoms with Crippen LogP contribution in [0.3, 0.4) is 0 Å². The van der Waals surface area contributed by atoms with Crippen LogP contribution in [0, 0.1) is 0 Å². The summed E-state index contributed by atoms with van der Waals surface area (Å²) in [4.78, 5) is 28.9. The second-order valence-corrected chi connectivity index (χ2v) is 8.77. The van der Waals surface area contributed by atoms with Gasteiger partial charge in [-0.05, 0) is 41.7 Å². The molecule has 5 nitrogen and oxygen atoms in total. The number of ether oxygens (including phenoxy) is 1. The summed E-state index contributed by atoms with van der Waals surface area (Å²) in [6.07, 6.45) is 1.15. The second-order valence-electron chi connectivity index (χ2n) is 8.77. The molecule has 0 saturated carbocycles. The Bertz CT molecular complexity index is 833. The highest BCUT2D eigenvalue weighted by Crippen LogP contribution is 2.22. The molecule has 0 atom stereocenters. The average Bonchev–Trinajstić information content (AvgIpc) is 2.76. The van der Waals surface area contributed by atoms with Crippen molar-refractivity contribution in [1.29, 1.82) is 0 Å². The molecule has 1 heterocycles. The van der Waals surface area contributed by atoms with E-state index in [0.717, 1.165) is 5.75 Å². The normalized spacial score (nSPS) is 14.5. The minimum atomic E-state index is 0.0406. The summed E-state index contributed by atoms with van der Waals surface area (Å²) in [5, 5.41) is 0. The van der Waals surface area contributed by atoms with Gasteiger partial charge in [-0.1, -0.05) is 51.1 Å². The predicted octanol–water partition coefficient (Wildman–Crippen LogP) is 4.13. The number of nitrogens with zero attached hydrogens (tertiary/aromatic N) is 2. The van der Waals surface area contributed by atoms with Crippen LogP contribution in [0.5, 0.6) is 5.75 Å². The van der Waals surface area contributed by atoms with E-state index in [1.54, 1.807) is 0 Å². The van der Waals surface area contributed by atoms with Gasteiger partial charge in [-0.2, -0.15) is 0 Å². The first kappa shape index (κ1) is 21.9. The van der Waals surface area contributed by atoms with Crippen molar-refractivity contribution in [3.63, 3.8) is 0 Å². The topological polar surface area (TPSA) is 49.9 Å². The molecule has 0 aromatic heterocycles. The van der Waals surface area contributed by atoms with E-state index in [4.69, 9.17) is 4.74 Å². The zero-order valence-electron chi connectivity index (χ0n) is 18.3. The van der Waals surface area contributed by atoms with Crippen molar-refractivity contribution in [2.75, 3.05) is 32.8 Å². The van der Waals surface area contributed by atoms with Gasteiger partial charge < -0.3 is 14.5 Å². The van der Waals surface area contributed by atoms with Crippen LogP contribution in [0.25, 0.3) is 0 Å². The summed E-state index contributed by atoms with van der Waals surface area (Å²) in [5.74, 6) is 1.000. The molecule has 0 radical (unpaired) electrons. The van der Waals surface area contributed by atoms with E-state index < -0.39 is 0 Å². The maximum atomic E-state index is 12.8. The fraction of sp³-hybridized carbons (Fsp3) is 0.440. The van der Waals surface area contributed by atoms with Crippen LogP contribution < -0.4 is 4.74 Å². The smallest absolute Gasteiger partial charge is 0.253 e. The summed E-state index contributed by atoms with van der Waals surface area (Å²) in [6.45, 7) is 9.33. The van der Waals surface area contributed by atoms with Crippen LogP contribution in [0.15, 0.2) is 54.6 Å². The molecule has 5 heteroatoms. The van der Waals surface area contributed by atoms with Crippen LogP contribution >= 0.6 is 0 Å². The van der Waals surface area contributed by atoms with Crippen molar-refractivity contribution >= 4 is 11.8 Å². The van der Waals surface area contributed by atoms with Crippen molar-refractivity contribution in [2.45, 2.75) is 39.0 Å². The number of carbonyl (C=O) groups excluding carboxylic acids is 2. The Hall–Kier alpha value is -2.82. The van der Waals surface area contributed by atoms with Gasteiger partial charge >= 0.3 is 0 Å². The molecule has 1 aliphatic heterocycles. The Morgan fingerprint density at radius 1 is 0.867 bits per heavy atom. The minimum absolute atomic E-state index is 0.0406. The Labute approximate surface area is 179 Å². The summed E-state index contributed by atoms with van der Waals surface area (Å²) in [5.41, 5.74) is 1.99. The van der Waals surface area contributed by atoms with Gasteiger partial charge in [0.15, 0.2) is 0 Å². The molecule has 0 spiro atoms. The number of hydrogen-bond donors (Lipinski definition) is 0. The standard InChI is InChI=1S/C25H32N2O3/c1-25(2,3)21-13-11-20(12-14-21)24(29)27-17-15-26(16-18-27)23(28)10-7-19-30-22-8-5-4-6-9-22/h4-6,8-9,11-14H,7,10,15-19H2,1-3H3. The van der Waals surface area contributed by atoms with E-state index in [9.17, 15) is 9.59 Å². The molecule has 0 N–H and O–H groups in total. The highest BCUT2D eigenvalue weighted by atomic mass is 16.5. The monoisotopic (exact) mass is 408 g/mol. The molecular formula is C25H32N2O3. The van der Waals surface area contributed by atoms with Gasteiger partial charge in [-0.15, -0.1) is 0 Å². The lowest BCUT2D eigenvalue weighted by Gasteiger charge is -2.35. The average molecular weight is 409 g/mol. The summed E-state index contributed by atoms with van der Waals surface area (Å²) in [7, 11) is 0. The number of rotatable bonds is 6. The van der Waals surface area contributed by atoms with Crippen molar-refractivity contribution in [2.24, 2.45) is 0 Å². The fourth-order valence-corrected chi connectivity index (χ4v) is 3.54. The maximum absolute atomic E-state index is 12.8. The lowest BCUT2D eigenvalue weighted by molar-refractivity contribution is -0.132. The SMILES string of the molecule is CC(C)(C)c1ccc(C(=O)N2CCN(C(=O)CCCOc3ccccc3)CC2)cc1. The van der Waals surface area contributed by atoms with Gasteiger partial charge in [-0.3, -0.25) is 9.59 Å². The van der Waals surface area contributed by atoms with Crippen molar-refractivity contribution in [1.82, 2.24) is 9.80 Å². The molecular weight excluding hydrogens is 376 g/mol. The molecule has 3 rings (SSSR count). The van der Waals surface area contributed by atoms with Crippen LogP contribution in [-0.4, -0.2) is 54.4 Å². The summed E-state index contributed by atoms with van der Waals surface area (Å²) in [6, 6.07) is 17.5. The zero-order chi connectivity index (χ0) is 21.6. The van der Waals surface area contributed by atoms with E-state index in [1.165, 1.54) is 5.56 Å². The first-order valence-electron chi connectivity index (χ1n) is 10.7. The van der Waals surface area contributed by atoms with Gasteiger partial charge in [0.25, 0.3) is 5.91 Å². The Kier molecular flexibility index (Phi) is 7.14. The number of amides is 2. The number of piperazine rings is 1. The first-order chi connectivity index (χ1) is 14.3. The number of para-hydroxylation sites is 1. The highest BCUT2D eigenvalue weighted by molar-refractivity contribution is 5.94. The Morgan fingerprint density at radius 2 is 1.47 bits per heavy atom. The molecule has 2 aromatic carbocycles. The zero-order valence-corrected chi connectivity index (χ0v) is 18.3. The molecule has 2 amide bonds. The second kappa shape index (κ2) is 9.79. The van der Waals surface area contributed by atoms with Gasteiger partial charge in [0.05, 0.1) is 6.61 Å². The maximum Gasteiger partial charge on any atom is 0.253 e. The number of hydrogen-bond acceptors (Lipinski definition) is 3. The van der Waals surface area contributed by atoms with Crippen LogP contribution in [0.1, 0.15) is 49.5 Å². The number of carbonyl (C=O) groups is 2. The largest absolute Gasteiger partial charge is 0.494 e. The van der Waals surface area contributed by atoms with E-state index in [1.807, 2.05) is 64.4 Å². The quantitative estimate of drug-likeness (QED) is 0.676. The van der Waals surface area contributed by atoms with Crippen LogP contribution in [0.4, 0.5) is 0 Å². The van der Waals surface area contributed by atoms with Gasteiger partial charge in [0.2, 0.25) is 5.91 Å². The Morgan fingerprint density at radius 3 is 2.07 bits per heavy atom. The molecule has 0 unspecified atom stereocenters. The third kappa shape index (κ3) is 5.85. The van der Waals surface area contributed by atoms with Crippen LogP contribution in [0.2, 0.25) is 0 Å². The molecule has 2 aromatic rings. The third-order valence-electron chi connectivity index (χ3n) is 5.46. The molecule has 30 heavy (non-hydrogen) atoms. The number of benzene rings is 2. The summed E-state index contributed by atoms with van der Waals surface area (Å²) >= 11 is 0.